The smallest absolute Gasteiger partial charge is 0.102 e. The maximum Gasteiger partial charge on any atom is 0.102 e. The first-order chi connectivity index (χ1) is 16.4. The number of halogens is 2. The van der Waals surface area contributed by atoms with Gasteiger partial charge in [-0.15, -0.1) is 0 Å². The van der Waals surface area contributed by atoms with Gasteiger partial charge in [0, 0.05) is 0 Å². The zero-order valence-electron chi connectivity index (χ0n) is 21.1. The highest BCUT2D eigenvalue weighted by Gasteiger charge is 2.48. The molecule has 4 heteroatoms. The molecule has 0 saturated heterocycles. The fourth-order valence-electron chi connectivity index (χ4n) is 5.21. The van der Waals surface area contributed by atoms with Gasteiger partial charge in [0.25, 0.3) is 0 Å². The summed E-state index contributed by atoms with van der Waals surface area (Å²) >= 11 is 4.61. The summed E-state index contributed by atoms with van der Waals surface area (Å²) in [5, 5.41) is 0. The van der Waals surface area contributed by atoms with Crippen molar-refractivity contribution in [1.29, 1.82) is 0 Å². The van der Waals surface area contributed by atoms with Gasteiger partial charge >= 0.3 is 0 Å². The zero-order chi connectivity index (χ0) is 25.2. The fourth-order valence-corrected chi connectivity index (χ4v) is 6.05. The van der Waals surface area contributed by atoms with Gasteiger partial charge in [-0.2, -0.15) is 0 Å². The highest BCUT2D eigenvalue weighted by molar-refractivity contribution is 14.1. The van der Waals surface area contributed by atoms with Crippen LogP contribution in [0.5, 0.6) is 0 Å². The van der Waals surface area contributed by atoms with Crippen molar-refractivity contribution in [3.05, 3.63) is 114 Å². The Balaban J connectivity index is 1.86. The molecule has 2 heterocycles. The van der Waals surface area contributed by atoms with Gasteiger partial charge in [-0.25, -0.2) is 9.97 Å². The van der Waals surface area contributed by atoms with E-state index < -0.39 is 5.41 Å². The molecule has 1 aliphatic rings. The van der Waals surface area contributed by atoms with Gasteiger partial charge in [-0.3, -0.25) is 0 Å². The van der Waals surface area contributed by atoms with Gasteiger partial charge in [0.1, 0.15) is 7.40 Å². The minimum absolute atomic E-state index is 0.0981. The Hall–Kier alpha value is -1.80. The molecule has 2 nitrogen and oxygen atoms in total. The Kier molecular flexibility index (Phi) is 6.15. The number of pyridine rings is 2. The Bertz CT molecular complexity index is 1300. The standard InChI is InChI=1S/C31H30I2N2/c1-29(2,3)19-7-11-21(12-8-19)31(22-13-9-20(10-14-22)30(4,5)6)23-15-17-25(32)34-27(23)28-24(31)16-18-26(33)35-28/h7-18H,1-6H3. The largest absolute Gasteiger partial charge is 0.240 e. The van der Waals surface area contributed by atoms with Crippen LogP contribution in [0.1, 0.15) is 74.9 Å². The first-order valence-electron chi connectivity index (χ1n) is 12.0. The Morgan fingerprint density at radius 2 is 0.857 bits per heavy atom. The fraction of sp³-hybridized carbons (Fsp3) is 0.290. The monoisotopic (exact) mass is 684 g/mol. The van der Waals surface area contributed by atoms with E-state index in [1.54, 1.807) is 0 Å². The number of rotatable bonds is 2. The van der Waals surface area contributed by atoms with E-state index in [1.165, 1.54) is 33.4 Å². The molecule has 35 heavy (non-hydrogen) atoms. The minimum Gasteiger partial charge on any atom is -0.240 e. The van der Waals surface area contributed by atoms with E-state index in [2.05, 4.69) is 160 Å². The Labute approximate surface area is 236 Å². The number of aromatic nitrogens is 2. The number of benzene rings is 2. The normalized spacial score (nSPS) is 14.5. The summed E-state index contributed by atoms with van der Waals surface area (Å²) in [6.07, 6.45) is 0. The van der Waals surface area contributed by atoms with Crippen LogP contribution in [-0.2, 0) is 16.2 Å². The lowest BCUT2D eigenvalue weighted by molar-refractivity contribution is 0.588. The van der Waals surface area contributed by atoms with Crippen molar-refractivity contribution in [3.63, 3.8) is 0 Å². The maximum absolute atomic E-state index is 5.02. The van der Waals surface area contributed by atoms with E-state index in [9.17, 15) is 0 Å². The molecule has 0 radical (unpaired) electrons. The zero-order valence-corrected chi connectivity index (χ0v) is 25.4. The molecule has 178 valence electrons. The molecule has 2 aromatic carbocycles. The highest BCUT2D eigenvalue weighted by atomic mass is 127. The van der Waals surface area contributed by atoms with Crippen LogP contribution >= 0.6 is 45.2 Å². The molecule has 0 amide bonds. The third kappa shape index (κ3) is 4.14. The topological polar surface area (TPSA) is 25.8 Å². The lowest BCUT2D eigenvalue weighted by atomic mass is 9.67. The summed E-state index contributed by atoms with van der Waals surface area (Å²) in [5.41, 5.74) is 9.28. The predicted octanol–water partition coefficient (Wildman–Crippen LogP) is 8.64. The van der Waals surface area contributed by atoms with Crippen LogP contribution in [0.3, 0.4) is 0 Å². The van der Waals surface area contributed by atoms with Crippen LogP contribution in [0.4, 0.5) is 0 Å². The molecular formula is C31H30I2N2. The van der Waals surface area contributed by atoms with Gasteiger partial charge < -0.3 is 0 Å². The van der Waals surface area contributed by atoms with Gasteiger partial charge in [-0.05, 0) is 102 Å². The lowest BCUT2D eigenvalue weighted by Gasteiger charge is -2.34. The second-order valence-electron chi connectivity index (χ2n) is 11.5. The molecule has 0 atom stereocenters. The molecular weight excluding hydrogens is 654 g/mol. The first kappa shape index (κ1) is 24.9. The van der Waals surface area contributed by atoms with Crippen molar-refractivity contribution in [3.8, 4) is 11.4 Å². The molecule has 1 aliphatic carbocycles. The first-order valence-corrected chi connectivity index (χ1v) is 14.1. The van der Waals surface area contributed by atoms with Crippen molar-refractivity contribution in [1.82, 2.24) is 9.97 Å². The predicted molar refractivity (Wildman–Crippen MR) is 162 cm³/mol. The number of hydrogen-bond donors (Lipinski definition) is 0. The molecule has 0 N–H and O–H groups in total. The van der Waals surface area contributed by atoms with Crippen molar-refractivity contribution in [2.45, 2.75) is 57.8 Å². The molecule has 0 aliphatic heterocycles. The molecule has 0 spiro atoms. The van der Waals surface area contributed by atoms with E-state index >= 15 is 0 Å². The molecule has 2 aromatic heterocycles. The number of nitrogens with zero attached hydrogens (tertiary/aromatic N) is 2. The maximum atomic E-state index is 5.02. The second kappa shape index (κ2) is 8.65. The minimum atomic E-state index is -0.466. The van der Waals surface area contributed by atoms with Crippen LogP contribution in [0.2, 0.25) is 0 Å². The van der Waals surface area contributed by atoms with Gasteiger partial charge in [0.15, 0.2) is 0 Å². The SMILES string of the molecule is CC(C)(C)c1ccc(C2(c3ccc(C(C)(C)C)cc3)c3ccc(I)nc3-c3nc(I)ccc32)cc1. The summed E-state index contributed by atoms with van der Waals surface area (Å²) in [4.78, 5) is 10.0. The Morgan fingerprint density at radius 1 is 0.514 bits per heavy atom. The van der Waals surface area contributed by atoms with Gasteiger partial charge in [-0.1, -0.05) is 102 Å². The summed E-state index contributed by atoms with van der Waals surface area (Å²) in [6.45, 7) is 13.6. The van der Waals surface area contributed by atoms with Crippen LogP contribution in [-0.4, -0.2) is 9.97 Å². The average Bonchev–Trinajstić information content (AvgIpc) is 3.08. The van der Waals surface area contributed by atoms with E-state index in [-0.39, 0.29) is 10.8 Å². The highest BCUT2D eigenvalue weighted by Crippen LogP contribution is 2.55. The lowest BCUT2D eigenvalue weighted by Crippen LogP contribution is -2.29. The third-order valence-corrected chi connectivity index (χ3v) is 8.32. The molecule has 5 rings (SSSR count). The van der Waals surface area contributed by atoms with Gasteiger partial charge in [0.2, 0.25) is 0 Å². The molecule has 0 bridgehead atoms. The summed E-state index contributed by atoms with van der Waals surface area (Å²) in [7, 11) is 0. The second-order valence-corrected chi connectivity index (χ2v) is 13.7. The van der Waals surface area contributed by atoms with Crippen LogP contribution in [0, 0.1) is 7.40 Å². The van der Waals surface area contributed by atoms with E-state index in [1.807, 2.05) is 0 Å². The van der Waals surface area contributed by atoms with Crippen molar-refractivity contribution < 1.29 is 0 Å². The summed E-state index contributed by atoms with van der Waals surface area (Å²) < 4.78 is 1.96. The molecule has 0 unspecified atom stereocenters. The van der Waals surface area contributed by atoms with E-state index in [0.29, 0.717) is 0 Å². The quantitative estimate of drug-likeness (QED) is 0.138. The van der Waals surface area contributed by atoms with Crippen LogP contribution in [0.25, 0.3) is 11.4 Å². The molecule has 0 fully saturated rings. The summed E-state index contributed by atoms with van der Waals surface area (Å²) in [5.74, 6) is 0. The Morgan fingerprint density at radius 3 is 1.17 bits per heavy atom. The number of fused-ring (bicyclic) bond motifs is 3. The van der Waals surface area contributed by atoms with Gasteiger partial charge in [0.05, 0.1) is 16.8 Å². The van der Waals surface area contributed by atoms with Crippen molar-refractivity contribution in [2.24, 2.45) is 0 Å². The van der Waals surface area contributed by atoms with Crippen LogP contribution in [0.15, 0.2) is 72.8 Å². The average molecular weight is 684 g/mol. The van der Waals surface area contributed by atoms with E-state index in [0.717, 1.165) is 18.8 Å². The number of hydrogen-bond acceptors (Lipinski definition) is 2. The molecule has 4 aromatic rings. The van der Waals surface area contributed by atoms with Crippen molar-refractivity contribution in [2.75, 3.05) is 0 Å². The molecule has 0 saturated carbocycles. The third-order valence-electron chi connectivity index (χ3n) is 7.12. The van der Waals surface area contributed by atoms with Crippen molar-refractivity contribution >= 4 is 45.2 Å². The van der Waals surface area contributed by atoms with E-state index in [4.69, 9.17) is 9.97 Å². The van der Waals surface area contributed by atoms with Crippen LogP contribution < -0.4 is 0 Å². The summed E-state index contributed by atoms with van der Waals surface area (Å²) in [6, 6.07) is 27.2.